The minimum absolute atomic E-state index is 0.167. The lowest BCUT2D eigenvalue weighted by Crippen LogP contribution is -2.45. The van der Waals surface area contributed by atoms with Gasteiger partial charge in [0, 0.05) is 38.8 Å². The van der Waals surface area contributed by atoms with Crippen LogP contribution >= 0.6 is 0 Å². The molecule has 0 spiro atoms. The Kier molecular flexibility index (Phi) is 10.2. The first-order valence-electron chi connectivity index (χ1n) is 11.5. The number of aliphatic imine (C=N–C) groups is 1. The number of amides is 1. The molecule has 0 aromatic heterocycles. The maximum Gasteiger partial charge on any atom is 0.410 e. The van der Waals surface area contributed by atoms with Crippen molar-refractivity contribution in [2.24, 2.45) is 10.9 Å². The second kappa shape index (κ2) is 12.3. The SMILES string of the molecule is CCNC(=NCCC1CCCN(C(=O)OC(C)(C)C)C1)NC(C)COC1CCOC1. The van der Waals surface area contributed by atoms with E-state index in [1.807, 2.05) is 25.7 Å². The molecule has 2 fully saturated rings. The smallest absolute Gasteiger partial charge is 0.410 e. The van der Waals surface area contributed by atoms with Crippen molar-refractivity contribution in [2.75, 3.05) is 46.0 Å². The molecule has 3 unspecified atom stereocenters. The second-order valence-corrected chi connectivity index (χ2v) is 9.35. The third-order valence-electron chi connectivity index (χ3n) is 5.18. The summed E-state index contributed by atoms with van der Waals surface area (Å²) in [5.41, 5.74) is -0.452. The summed E-state index contributed by atoms with van der Waals surface area (Å²) in [6.07, 6.45) is 4.10. The third kappa shape index (κ3) is 9.51. The Hall–Kier alpha value is -1.54. The second-order valence-electron chi connectivity index (χ2n) is 9.35. The van der Waals surface area contributed by atoms with Gasteiger partial charge in [0.05, 0.1) is 19.3 Å². The molecule has 0 radical (unpaired) electrons. The van der Waals surface area contributed by atoms with Crippen LogP contribution in [0.15, 0.2) is 4.99 Å². The topological polar surface area (TPSA) is 84.4 Å². The molecule has 2 aliphatic rings. The summed E-state index contributed by atoms with van der Waals surface area (Å²) < 4.78 is 16.8. The molecule has 0 aromatic rings. The van der Waals surface area contributed by atoms with E-state index >= 15 is 0 Å². The van der Waals surface area contributed by atoms with Crippen LogP contribution in [0.25, 0.3) is 0 Å². The molecule has 3 atom stereocenters. The molecule has 8 heteroatoms. The van der Waals surface area contributed by atoms with Crippen molar-refractivity contribution in [2.45, 2.75) is 78.0 Å². The monoisotopic (exact) mass is 426 g/mol. The number of carbonyl (C=O) groups excluding carboxylic acids is 1. The summed E-state index contributed by atoms with van der Waals surface area (Å²) >= 11 is 0. The Bertz CT molecular complexity index is 544. The number of piperidine rings is 1. The zero-order valence-electron chi connectivity index (χ0n) is 19.5. The number of nitrogens with one attached hydrogen (secondary N) is 2. The number of hydrogen-bond acceptors (Lipinski definition) is 5. The van der Waals surface area contributed by atoms with Gasteiger partial charge in [-0.3, -0.25) is 4.99 Å². The zero-order valence-corrected chi connectivity index (χ0v) is 19.5. The van der Waals surface area contributed by atoms with E-state index in [2.05, 4.69) is 24.5 Å². The van der Waals surface area contributed by atoms with Crippen molar-refractivity contribution < 1.29 is 19.0 Å². The third-order valence-corrected chi connectivity index (χ3v) is 5.18. The molecule has 0 aliphatic carbocycles. The molecule has 2 saturated heterocycles. The van der Waals surface area contributed by atoms with E-state index < -0.39 is 5.60 Å². The number of nitrogens with zero attached hydrogens (tertiary/aromatic N) is 2. The van der Waals surface area contributed by atoms with Crippen LogP contribution in [0.1, 0.15) is 60.3 Å². The van der Waals surface area contributed by atoms with Gasteiger partial charge >= 0.3 is 6.09 Å². The van der Waals surface area contributed by atoms with Crippen molar-refractivity contribution >= 4 is 12.1 Å². The summed E-state index contributed by atoms with van der Waals surface area (Å²) in [4.78, 5) is 18.9. The van der Waals surface area contributed by atoms with E-state index in [1.54, 1.807) is 0 Å². The fourth-order valence-corrected chi connectivity index (χ4v) is 3.67. The van der Waals surface area contributed by atoms with Crippen LogP contribution in [0.5, 0.6) is 0 Å². The normalized spacial score (nSPS) is 23.9. The molecule has 2 aliphatic heterocycles. The molecule has 30 heavy (non-hydrogen) atoms. The van der Waals surface area contributed by atoms with Crippen LogP contribution in [0.2, 0.25) is 0 Å². The van der Waals surface area contributed by atoms with Gasteiger partial charge < -0.3 is 29.7 Å². The molecular formula is C22H42N4O4. The first kappa shape index (κ1) is 24.7. The van der Waals surface area contributed by atoms with Crippen molar-refractivity contribution in [3.63, 3.8) is 0 Å². The highest BCUT2D eigenvalue weighted by Gasteiger charge is 2.27. The van der Waals surface area contributed by atoms with E-state index in [4.69, 9.17) is 19.2 Å². The minimum atomic E-state index is -0.452. The summed E-state index contributed by atoms with van der Waals surface area (Å²) in [6.45, 7) is 15.1. The molecule has 0 saturated carbocycles. The van der Waals surface area contributed by atoms with Gasteiger partial charge in [0.2, 0.25) is 0 Å². The molecule has 174 valence electrons. The van der Waals surface area contributed by atoms with E-state index in [1.165, 1.54) is 0 Å². The standard InChI is InChI=1S/C22H42N4O4/c1-6-23-20(25-17(2)15-29-19-10-13-28-16-19)24-11-9-18-8-7-12-26(14-18)21(27)30-22(3,4)5/h17-19H,6-16H2,1-5H3,(H2,23,24,25). The summed E-state index contributed by atoms with van der Waals surface area (Å²) in [7, 11) is 0. The highest BCUT2D eigenvalue weighted by atomic mass is 16.6. The van der Waals surface area contributed by atoms with Crippen molar-refractivity contribution in [1.82, 2.24) is 15.5 Å². The van der Waals surface area contributed by atoms with Gasteiger partial charge in [-0.15, -0.1) is 0 Å². The van der Waals surface area contributed by atoms with Gasteiger partial charge in [0.1, 0.15) is 5.60 Å². The first-order chi connectivity index (χ1) is 14.3. The number of likely N-dealkylation sites (tertiary alicyclic amines) is 1. The number of guanidine groups is 1. The Balaban J connectivity index is 1.74. The van der Waals surface area contributed by atoms with E-state index in [0.717, 1.165) is 64.4 Å². The Morgan fingerprint density at radius 2 is 2.13 bits per heavy atom. The van der Waals surface area contributed by atoms with Crippen molar-refractivity contribution in [3.05, 3.63) is 0 Å². The summed E-state index contributed by atoms with van der Waals surface area (Å²) in [6, 6.07) is 0.167. The lowest BCUT2D eigenvalue weighted by atomic mass is 9.95. The molecule has 0 bridgehead atoms. The number of hydrogen-bond donors (Lipinski definition) is 2. The van der Waals surface area contributed by atoms with Crippen molar-refractivity contribution in [3.8, 4) is 0 Å². The van der Waals surface area contributed by atoms with Crippen LogP contribution in [-0.4, -0.2) is 80.7 Å². The maximum absolute atomic E-state index is 12.3. The molecule has 2 rings (SSSR count). The quantitative estimate of drug-likeness (QED) is 0.459. The summed E-state index contributed by atoms with van der Waals surface area (Å²) in [5, 5.41) is 6.73. The minimum Gasteiger partial charge on any atom is -0.444 e. The fraction of sp³-hybridized carbons (Fsp3) is 0.909. The van der Waals surface area contributed by atoms with Crippen LogP contribution in [-0.2, 0) is 14.2 Å². The van der Waals surface area contributed by atoms with E-state index in [0.29, 0.717) is 19.1 Å². The number of ether oxygens (including phenoxy) is 3. The average molecular weight is 427 g/mol. The molecular weight excluding hydrogens is 384 g/mol. The van der Waals surface area contributed by atoms with Gasteiger partial charge in [0.25, 0.3) is 0 Å². The van der Waals surface area contributed by atoms with Gasteiger partial charge in [-0.2, -0.15) is 0 Å². The Morgan fingerprint density at radius 3 is 2.80 bits per heavy atom. The van der Waals surface area contributed by atoms with E-state index in [-0.39, 0.29) is 18.2 Å². The predicted molar refractivity (Wildman–Crippen MR) is 119 cm³/mol. The van der Waals surface area contributed by atoms with E-state index in [9.17, 15) is 4.79 Å². The Labute approximate surface area is 182 Å². The molecule has 2 heterocycles. The summed E-state index contributed by atoms with van der Waals surface area (Å²) in [5.74, 6) is 1.28. The Morgan fingerprint density at radius 1 is 1.33 bits per heavy atom. The molecule has 8 nitrogen and oxygen atoms in total. The zero-order chi connectivity index (χ0) is 22.0. The number of rotatable bonds is 8. The van der Waals surface area contributed by atoms with Crippen LogP contribution in [0, 0.1) is 5.92 Å². The van der Waals surface area contributed by atoms with Crippen LogP contribution in [0.3, 0.4) is 0 Å². The molecule has 0 aromatic carbocycles. The van der Waals surface area contributed by atoms with Gasteiger partial charge in [-0.05, 0) is 66.2 Å². The molecule has 2 N–H and O–H groups in total. The predicted octanol–water partition coefficient (Wildman–Crippen LogP) is 2.77. The van der Waals surface area contributed by atoms with Crippen LogP contribution < -0.4 is 10.6 Å². The maximum atomic E-state index is 12.3. The fourth-order valence-electron chi connectivity index (χ4n) is 3.67. The largest absolute Gasteiger partial charge is 0.444 e. The lowest BCUT2D eigenvalue weighted by molar-refractivity contribution is 0.0163. The average Bonchev–Trinajstić information content (AvgIpc) is 3.19. The number of carbonyl (C=O) groups is 1. The van der Waals surface area contributed by atoms with Gasteiger partial charge in [-0.1, -0.05) is 0 Å². The highest BCUT2D eigenvalue weighted by molar-refractivity contribution is 5.80. The van der Waals surface area contributed by atoms with Gasteiger partial charge in [-0.25, -0.2) is 4.79 Å². The van der Waals surface area contributed by atoms with Crippen molar-refractivity contribution in [1.29, 1.82) is 0 Å². The van der Waals surface area contributed by atoms with Gasteiger partial charge in [0.15, 0.2) is 5.96 Å². The van der Waals surface area contributed by atoms with Crippen LogP contribution in [0.4, 0.5) is 4.79 Å². The highest BCUT2D eigenvalue weighted by Crippen LogP contribution is 2.21. The molecule has 1 amide bonds. The first-order valence-corrected chi connectivity index (χ1v) is 11.5. The lowest BCUT2D eigenvalue weighted by Gasteiger charge is -2.34.